The molecule has 2 N–H and O–H groups in total. The van der Waals surface area contributed by atoms with Crippen LogP contribution >= 0.6 is 12.6 Å². The van der Waals surface area contributed by atoms with E-state index in [9.17, 15) is 23.1 Å². The van der Waals surface area contributed by atoms with Crippen LogP contribution in [0.5, 0.6) is 0 Å². The molecule has 1 aromatic heterocycles. The van der Waals surface area contributed by atoms with Gasteiger partial charge in [0.1, 0.15) is 5.69 Å². The van der Waals surface area contributed by atoms with Crippen molar-refractivity contribution < 1.29 is 23.1 Å². The Balaban J connectivity index is 2.02. The fourth-order valence-electron chi connectivity index (χ4n) is 1.79. The highest BCUT2D eigenvalue weighted by molar-refractivity contribution is 7.81. The first-order valence-corrected chi connectivity index (χ1v) is 7.34. The zero-order valence-corrected chi connectivity index (χ0v) is 13.5. The van der Waals surface area contributed by atoms with Gasteiger partial charge in [0, 0.05) is 12.1 Å². The number of hydrogen-bond donors (Lipinski definition) is 3. The Bertz CT molecular complexity index is 708. The Labute approximate surface area is 141 Å². The summed E-state index contributed by atoms with van der Waals surface area (Å²) >= 11 is 3.97. The van der Waals surface area contributed by atoms with E-state index in [1.54, 1.807) is 12.1 Å². The number of rotatable bonds is 5. The van der Waals surface area contributed by atoms with Gasteiger partial charge in [0.15, 0.2) is 4.93 Å². The van der Waals surface area contributed by atoms with Crippen LogP contribution < -0.4 is 5.32 Å². The lowest BCUT2D eigenvalue weighted by atomic mass is 10.2. The van der Waals surface area contributed by atoms with Crippen LogP contribution in [0.1, 0.15) is 29.4 Å². The lowest BCUT2D eigenvalue weighted by Crippen LogP contribution is -2.27. The van der Waals surface area contributed by atoms with Crippen molar-refractivity contribution in [1.82, 2.24) is 20.3 Å². The topological polar surface area (TPSA) is 80.0 Å². The summed E-state index contributed by atoms with van der Waals surface area (Å²) in [5.41, 5.74) is 1.04. The van der Waals surface area contributed by atoms with E-state index in [-0.39, 0.29) is 11.3 Å². The van der Waals surface area contributed by atoms with E-state index in [1.807, 2.05) is 0 Å². The van der Waals surface area contributed by atoms with Gasteiger partial charge in [0.05, 0.1) is 18.3 Å². The molecule has 24 heavy (non-hydrogen) atoms. The first kappa shape index (κ1) is 18.3. The molecule has 0 bridgehead atoms. The van der Waals surface area contributed by atoms with Crippen LogP contribution in [-0.4, -0.2) is 38.7 Å². The maximum Gasteiger partial charge on any atom is 0.390 e. The van der Waals surface area contributed by atoms with Gasteiger partial charge in [-0.1, -0.05) is 5.21 Å². The van der Waals surface area contributed by atoms with Crippen LogP contribution in [0.2, 0.25) is 0 Å². The van der Waals surface area contributed by atoms with Crippen LogP contribution in [0, 0.1) is 0 Å². The average molecular weight is 360 g/mol. The first-order chi connectivity index (χ1) is 11.1. The molecule has 1 atom stereocenters. The molecule has 2 aromatic rings. The third-order valence-corrected chi connectivity index (χ3v) is 3.30. The molecular formula is C14H15F3N4O2S. The Kier molecular flexibility index (Phi) is 5.19. The summed E-state index contributed by atoms with van der Waals surface area (Å²) in [5.74, 6) is -0.594. The number of hydrogen-bond acceptors (Lipinski definition) is 5. The molecule has 0 fully saturated rings. The van der Waals surface area contributed by atoms with Gasteiger partial charge in [-0.25, -0.2) is 4.68 Å². The van der Waals surface area contributed by atoms with Crippen LogP contribution in [-0.2, 0) is 4.93 Å². The molecule has 0 saturated heterocycles. The van der Waals surface area contributed by atoms with E-state index in [0.717, 1.165) is 0 Å². The van der Waals surface area contributed by atoms with Crippen molar-refractivity contribution in [3.63, 3.8) is 0 Å². The summed E-state index contributed by atoms with van der Waals surface area (Å²) in [7, 11) is 0. The van der Waals surface area contributed by atoms with Crippen molar-refractivity contribution in [3.8, 4) is 5.69 Å². The fourth-order valence-corrected chi connectivity index (χ4v) is 1.89. The number of benzene rings is 1. The summed E-state index contributed by atoms with van der Waals surface area (Å²) in [6.45, 7) is 0.965. The number of halogens is 3. The number of thiol groups is 1. The smallest absolute Gasteiger partial charge is 0.374 e. The Hall–Kier alpha value is -2.07. The maximum absolute atomic E-state index is 12.0. The summed E-state index contributed by atoms with van der Waals surface area (Å²) in [6, 6.07) is 6.03. The van der Waals surface area contributed by atoms with Crippen molar-refractivity contribution in [2.75, 3.05) is 6.54 Å². The molecule has 6 nitrogen and oxygen atoms in total. The van der Waals surface area contributed by atoms with E-state index in [1.165, 1.54) is 29.9 Å². The number of alkyl halides is 3. The normalized spacial score (nSPS) is 14.2. The molecular weight excluding hydrogens is 345 g/mol. The molecule has 1 unspecified atom stereocenters. The molecule has 0 spiro atoms. The highest BCUT2D eigenvalue weighted by Gasteiger charge is 2.26. The van der Waals surface area contributed by atoms with Crippen molar-refractivity contribution in [2.24, 2.45) is 0 Å². The van der Waals surface area contributed by atoms with Gasteiger partial charge in [-0.05, 0) is 31.2 Å². The van der Waals surface area contributed by atoms with Crippen molar-refractivity contribution >= 4 is 18.5 Å². The average Bonchev–Trinajstić information content (AvgIpc) is 2.96. The Morgan fingerprint density at radius 3 is 2.46 bits per heavy atom. The second-order valence-corrected chi connectivity index (χ2v) is 6.11. The van der Waals surface area contributed by atoms with Crippen molar-refractivity contribution in [2.45, 2.75) is 24.5 Å². The zero-order valence-electron chi connectivity index (χ0n) is 12.6. The number of amides is 1. The number of nitrogens with zero attached hydrogens (tertiary/aromatic N) is 3. The minimum Gasteiger partial charge on any atom is -0.374 e. The predicted molar refractivity (Wildman–Crippen MR) is 82.9 cm³/mol. The zero-order chi connectivity index (χ0) is 18.0. The van der Waals surface area contributed by atoms with Gasteiger partial charge < -0.3 is 10.4 Å². The summed E-state index contributed by atoms with van der Waals surface area (Å²) in [5, 5.41) is 19.5. The van der Waals surface area contributed by atoms with Crippen LogP contribution in [0.25, 0.3) is 5.69 Å². The minimum atomic E-state index is -4.31. The minimum absolute atomic E-state index is 0.224. The molecule has 0 saturated carbocycles. The van der Waals surface area contributed by atoms with Crippen molar-refractivity contribution in [3.05, 3.63) is 41.7 Å². The van der Waals surface area contributed by atoms with E-state index >= 15 is 0 Å². The predicted octanol–water partition coefficient (Wildman–Crippen LogP) is 2.04. The highest BCUT2D eigenvalue weighted by Crippen LogP contribution is 2.22. The van der Waals surface area contributed by atoms with Gasteiger partial charge in [0.25, 0.3) is 5.91 Å². The Morgan fingerprint density at radius 2 is 1.96 bits per heavy atom. The quantitative estimate of drug-likeness (QED) is 0.563. The molecule has 0 aliphatic heterocycles. The van der Waals surface area contributed by atoms with Crippen molar-refractivity contribution in [1.29, 1.82) is 0 Å². The molecule has 0 aliphatic rings. The van der Waals surface area contributed by atoms with Gasteiger partial charge in [-0.3, -0.25) is 4.79 Å². The lowest BCUT2D eigenvalue weighted by Gasteiger charge is -2.10. The summed E-state index contributed by atoms with van der Waals surface area (Å²) < 4.78 is 37.5. The number of carbonyl (C=O) groups excluding carboxylic acids is 1. The third-order valence-electron chi connectivity index (χ3n) is 3.07. The van der Waals surface area contributed by atoms with E-state index in [2.05, 4.69) is 28.3 Å². The molecule has 1 heterocycles. The second-order valence-electron chi connectivity index (χ2n) is 5.24. The molecule has 130 valence electrons. The summed E-state index contributed by atoms with van der Waals surface area (Å²) in [4.78, 5) is 10.3. The highest BCUT2D eigenvalue weighted by atomic mass is 32.1. The number of carbonyl (C=O) groups is 1. The number of nitrogens with one attached hydrogen (secondary N) is 1. The van der Waals surface area contributed by atoms with E-state index in [4.69, 9.17) is 0 Å². The maximum atomic E-state index is 12.0. The van der Waals surface area contributed by atoms with E-state index < -0.39 is 30.0 Å². The SMILES string of the molecule is CC(O)(S)c1cn(-c2ccc(C(=O)NCCC(F)(F)F)cc2)nn1. The van der Waals surface area contributed by atoms with Gasteiger partial charge >= 0.3 is 6.18 Å². The van der Waals surface area contributed by atoms with E-state index in [0.29, 0.717) is 5.69 Å². The molecule has 2 rings (SSSR count). The third kappa shape index (κ3) is 4.96. The summed E-state index contributed by atoms with van der Waals surface area (Å²) in [6.07, 6.45) is -3.91. The fraction of sp³-hybridized carbons (Fsp3) is 0.357. The molecule has 1 aromatic carbocycles. The monoisotopic (exact) mass is 360 g/mol. The number of aromatic nitrogens is 3. The van der Waals surface area contributed by atoms with Gasteiger partial charge in [-0.15, -0.1) is 17.7 Å². The van der Waals surface area contributed by atoms with Gasteiger partial charge in [-0.2, -0.15) is 13.2 Å². The largest absolute Gasteiger partial charge is 0.390 e. The molecule has 10 heteroatoms. The molecule has 1 amide bonds. The van der Waals surface area contributed by atoms with Gasteiger partial charge in [0.2, 0.25) is 0 Å². The van der Waals surface area contributed by atoms with Crippen LogP contribution in [0.3, 0.4) is 0 Å². The molecule has 0 aliphatic carbocycles. The second kappa shape index (κ2) is 6.81. The molecule has 0 radical (unpaired) electrons. The Morgan fingerprint density at radius 1 is 1.33 bits per heavy atom. The van der Waals surface area contributed by atoms with Crippen LogP contribution in [0.15, 0.2) is 30.5 Å². The number of aliphatic hydroxyl groups is 1. The lowest BCUT2D eigenvalue weighted by molar-refractivity contribution is -0.132. The first-order valence-electron chi connectivity index (χ1n) is 6.89. The standard InChI is InChI=1S/C14H15F3N4O2S/c1-13(23,24)11-8-21(20-19-11)10-4-2-9(3-5-10)12(22)18-7-6-14(15,16)17/h2-5,8,23-24H,6-7H2,1H3,(H,18,22). The van der Waals surface area contributed by atoms with Crippen LogP contribution in [0.4, 0.5) is 13.2 Å².